The van der Waals surface area contributed by atoms with E-state index in [2.05, 4.69) is 20.5 Å². The van der Waals surface area contributed by atoms with Crippen LogP contribution in [0.2, 0.25) is 0 Å². The SMILES string of the molecule is COc1ccc(C)cc1NC(=O)CSc1n[nH]c(/C=C/c2ccco2)n1. The van der Waals surface area contributed by atoms with Gasteiger partial charge in [-0.05, 0) is 48.9 Å². The Balaban J connectivity index is 1.54. The molecule has 0 aliphatic heterocycles. The van der Waals surface area contributed by atoms with Gasteiger partial charge in [0.25, 0.3) is 0 Å². The van der Waals surface area contributed by atoms with Crippen LogP contribution in [0.5, 0.6) is 5.75 Å². The van der Waals surface area contributed by atoms with E-state index in [-0.39, 0.29) is 11.7 Å². The van der Waals surface area contributed by atoms with Gasteiger partial charge in [0.2, 0.25) is 11.1 Å². The Morgan fingerprint density at radius 2 is 2.27 bits per heavy atom. The number of methoxy groups -OCH3 is 1. The number of benzene rings is 1. The van der Waals surface area contributed by atoms with E-state index < -0.39 is 0 Å². The lowest BCUT2D eigenvalue weighted by atomic mass is 10.2. The lowest BCUT2D eigenvalue weighted by Crippen LogP contribution is -2.15. The molecular formula is C18H18N4O3S. The second-order valence-corrected chi connectivity index (χ2v) is 6.34. The molecule has 0 aliphatic carbocycles. The average Bonchev–Trinajstić information content (AvgIpc) is 3.30. The summed E-state index contributed by atoms with van der Waals surface area (Å²) in [5.41, 5.74) is 1.69. The number of nitrogens with zero attached hydrogens (tertiary/aromatic N) is 2. The van der Waals surface area contributed by atoms with Crippen molar-refractivity contribution in [3.8, 4) is 5.75 Å². The summed E-state index contributed by atoms with van der Waals surface area (Å²) < 4.78 is 10.5. The third-order valence-electron chi connectivity index (χ3n) is 3.39. The van der Waals surface area contributed by atoms with Crippen molar-refractivity contribution >= 4 is 35.5 Å². The molecule has 0 bridgehead atoms. The molecule has 3 aromatic rings. The van der Waals surface area contributed by atoms with Crippen LogP contribution in [0.4, 0.5) is 5.69 Å². The topological polar surface area (TPSA) is 93.0 Å². The number of carbonyl (C=O) groups is 1. The van der Waals surface area contributed by atoms with Crippen LogP contribution in [-0.2, 0) is 4.79 Å². The van der Waals surface area contributed by atoms with E-state index >= 15 is 0 Å². The van der Waals surface area contributed by atoms with Crippen molar-refractivity contribution in [2.24, 2.45) is 0 Å². The Kier molecular flexibility index (Phi) is 5.75. The molecule has 26 heavy (non-hydrogen) atoms. The maximum absolute atomic E-state index is 12.2. The van der Waals surface area contributed by atoms with Gasteiger partial charge in [-0.3, -0.25) is 9.89 Å². The van der Waals surface area contributed by atoms with Gasteiger partial charge >= 0.3 is 0 Å². The smallest absolute Gasteiger partial charge is 0.234 e. The van der Waals surface area contributed by atoms with Gasteiger partial charge in [0.1, 0.15) is 17.3 Å². The fourth-order valence-corrected chi connectivity index (χ4v) is 2.79. The predicted octanol–water partition coefficient (Wildman–Crippen LogP) is 3.62. The number of carbonyl (C=O) groups excluding carboxylic acids is 1. The number of thioether (sulfide) groups is 1. The summed E-state index contributed by atoms with van der Waals surface area (Å²) in [5.74, 6) is 1.97. The standard InChI is InChI=1S/C18H18N4O3S/c1-12-5-7-15(24-2)14(10-12)19-17(23)11-26-18-20-16(21-22-18)8-6-13-4-3-9-25-13/h3-10H,11H2,1-2H3,(H,19,23)(H,20,21,22)/b8-6+. The molecule has 0 fully saturated rings. The number of H-pyrrole nitrogens is 1. The average molecular weight is 370 g/mol. The van der Waals surface area contributed by atoms with E-state index in [9.17, 15) is 4.79 Å². The Morgan fingerprint density at radius 1 is 1.38 bits per heavy atom. The summed E-state index contributed by atoms with van der Waals surface area (Å²) in [5, 5.41) is 10.2. The number of nitrogens with one attached hydrogen (secondary N) is 2. The third kappa shape index (κ3) is 4.76. The second-order valence-electron chi connectivity index (χ2n) is 5.39. The highest BCUT2D eigenvalue weighted by molar-refractivity contribution is 7.99. The molecule has 3 rings (SSSR count). The highest BCUT2D eigenvalue weighted by Crippen LogP contribution is 2.25. The molecule has 0 atom stereocenters. The van der Waals surface area contributed by atoms with Crippen LogP contribution >= 0.6 is 11.8 Å². The highest BCUT2D eigenvalue weighted by atomic mass is 32.2. The monoisotopic (exact) mass is 370 g/mol. The van der Waals surface area contributed by atoms with E-state index in [0.29, 0.717) is 22.4 Å². The van der Waals surface area contributed by atoms with Crippen LogP contribution in [0, 0.1) is 6.92 Å². The quantitative estimate of drug-likeness (QED) is 0.617. The molecule has 2 heterocycles. The summed E-state index contributed by atoms with van der Waals surface area (Å²) in [6.07, 6.45) is 5.14. The summed E-state index contributed by atoms with van der Waals surface area (Å²) >= 11 is 1.25. The highest BCUT2D eigenvalue weighted by Gasteiger charge is 2.10. The van der Waals surface area contributed by atoms with Gasteiger partial charge in [-0.1, -0.05) is 17.8 Å². The van der Waals surface area contributed by atoms with Crippen LogP contribution < -0.4 is 10.1 Å². The van der Waals surface area contributed by atoms with Crippen molar-refractivity contribution in [1.82, 2.24) is 15.2 Å². The van der Waals surface area contributed by atoms with Crippen LogP contribution in [0.15, 0.2) is 46.2 Å². The number of amides is 1. The fourth-order valence-electron chi connectivity index (χ4n) is 2.18. The Hall–Kier alpha value is -3.00. The summed E-state index contributed by atoms with van der Waals surface area (Å²) in [4.78, 5) is 16.5. The molecule has 8 heteroatoms. The Morgan fingerprint density at radius 3 is 3.04 bits per heavy atom. The zero-order valence-electron chi connectivity index (χ0n) is 14.4. The number of furan rings is 1. The summed E-state index contributed by atoms with van der Waals surface area (Å²) in [7, 11) is 1.57. The third-order valence-corrected chi connectivity index (χ3v) is 4.24. The first kappa shape index (κ1) is 17.8. The van der Waals surface area contributed by atoms with E-state index in [1.54, 1.807) is 25.5 Å². The van der Waals surface area contributed by atoms with Gasteiger partial charge in [-0.15, -0.1) is 5.10 Å². The van der Waals surface area contributed by atoms with Gasteiger partial charge in [0.15, 0.2) is 0 Å². The van der Waals surface area contributed by atoms with Gasteiger partial charge < -0.3 is 14.5 Å². The molecule has 7 nitrogen and oxygen atoms in total. The van der Waals surface area contributed by atoms with Crippen LogP contribution in [0.3, 0.4) is 0 Å². The van der Waals surface area contributed by atoms with Gasteiger partial charge in [0.05, 0.1) is 24.8 Å². The zero-order chi connectivity index (χ0) is 18.4. The fraction of sp³-hybridized carbons (Fsp3) is 0.167. The number of hydrogen-bond acceptors (Lipinski definition) is 6. The summed E-state index contributed by atoms with van der Waals surface area (Å²) in [6, 6.07) is 9.26. The number of aromatic nitrogens is 3. The molecule has 1 aromatic carbocycles. The van der Waals surface area contributed by atoms with Crippen molar-refractivity contribution in [2.75, 3.05) is 18.2 Å². The molecule has 134 valence electrons. The number of hydrogen-bond donors (Lipinski definition) is 2. The Labute approximate surface area is 154 Å². The van der Waals surface area contributed by atoms with Crippen LogP contribution in [0.1, 0.15) is 17.1 Å². The number of aryl methyl sites for hydroxylation is 1. The minimum atomic E-state index is -0.156. The first-order valence-corrected chi connectivity index (χ1v) is 8.84. The first-order valence-electron chi connectivity index (χ1n) is 7.85. The molecular weight excluding hydrogens is 352 g/mol. The summed E-state index contributed by atoms with van der Waals surface area (Å²) in [6.45, 7) is 1.95. The van der Waals surface area contributed by atoms with Crippen LogP contribution in [-0.4, -0.2) is 34.0 Å². The van der Waals surface area contributed by atoms with E-state index in [4.69, 9.17) is 9.15 Å². The number of rotatable bonds is 7. The lowest BCUT2D eigenvalue weighted by Gasteiger charge is -2.10. The van der Waals surface area contributed by atoms with Gasteiger partial charge in [-0.2, -0.15) is 0 Å². The van der Waals surface area contributed by atoms with Crippen molar-refractivity contribution in [1.29, 1.82) is 0 Å². The number of anilines is 1. The molecule has 0 saturated heterocycles. The van der Waals surface area contributed by atoms with Crippen molar-refractivity contribution in [3.63, 3.8) is 0 Å². The lowest BCUT2D eigenvalue weighted by molar-refractivity contribution is -0.113. The maximum atomic E-state index is 12.2. The zero-order valence-corrected chi connectivity index (χ0v) is 15.2. The number of aromatic amines is 1. The molecule has 1 amide bonds. The van der Waals surface area contributed by atoms with Crippen molar-refractivity contribution in [3.05, 3.63) is 53.7 Å². The van der Waals surface area contributed by atoms with Crippen molar-refractivity contribution < 1.29 is 13.9 Å². The van der Waals surface area contributed by atoms with Gasteiger partial charge in [0, 0.05) is 0 Å². The maximum Gasteiger partial charge on any atom is 0.234 e. The van der Waals surface area contributed by atoms with E-state index in [0.717, 1.165) is 11.3 Å². The molecule has 0 spiro atoms. The predicted molar refractivity (Wildman–Crippen MR) is 101 cm³/mol. The molecule has 2 N–H and O–H groups in total. The van der Waals surface area contributed by atoms with E-state index in [1.165, 1.54) is 11.8 Å². The number of ether oxygens (including phenoxy) is 1. The van der Waals surface area contributed by atoms with E-state index in [1.807, 2.05) is 37.3 Å². The first-order chi connectivity index (χ1) is 12.6. The Bertz CT molecular complexity index is 903. The molecule has 0 saturated carbocycles. The van der Waals surface area contributed by atoms with Crippen LogP contribution in [0.25, 0.3) is 12.2 Å². The normalized spacial score (nSPS) is 11.0. The second kappa shape index (κ2) is 8.39. The molecule has 0 radical (unpaired) electrons. The molecule has 2 aromatic heterocycles. The minimum absolute atomic E-state index is 0.156. The van der Waals surface area contributed by atoms with Gasteiger partial charge in [-0.25, -0.2) is 4.98 Å². The molecule has 0 unspecified atom stereocenters. The minimum Gasteiger partial charge on any atom is -0.495 e. The molecule has 0 aliphatic rings. The largest absolute Gasteiger partial charge is 0.495 e. The van der Waals surface area contributed by atoms with Crippen molar-refractivity contribution in [2.45, 2.75) is 12.1 Å².